The van der Waals surface area contributed by atoms with Gasteiger partial charge < -0.3 is 0 Å². The topological polar surface area (TPSA) is 34.1 Å². The summed E-state index contributed by atoms with van der Waals surface area (Å²) in [4.78, 5) is 23.1. The molecule has 0 atom stereocenters. The summed E-state index contributed by atoms with van der Waals surface area (Å²) in [5, 5.41) is 0. The van der Waals surface area contributed by atoms with Gasteiger partial charge in [0.25, 0.3) is 0 Å². The predicted octanol–water partition coefficient (Wildman–Crippen LogP) is 0.998. The van der Waals surface area contributed by atoms with E-state index in [1.54, 1.807) is 6.92 Å². The van der Waals surface area contributed by atoms with E-state index in [0.29, 0.717) is 10.0 Å². The number of hydrogen-bond donors (Lipinski definition) is 0. The van der Waals surface area contributed by atoms with Crippen molar-refractivity contribution in [1.82, 2.24) is 0 Å². The first-order valence-electron chi connectivity index (χ1n) is 4.88. The van der Waals surface area contributed by atoms with Crippen molar-refractivity contribution in [2.75, 3.05) is 0 Å². The monoisotopic (exact) mass is 278 g/mol. The average Bonchev–Trinajstić information content (AvgIpc) is 2.27. The Kier molecular flexibility index (Phi) is 3.18. The zero-order valence-electron chi connectivity index (χ0n) is 8.77. The summed E-state index contributed by atoms with van der Waals surface area (Å²) in [6.07, 6.45) is 2.91. The van der Waals surface area contributed by atoms with Gasteiger partial charge in [-0.05, 0) is 0 Å². The van der Waals surface area contributed by atoms with Crippen molar-refractivity contribution in [3.05, 3.63) is 52.5 Å². The van der Waals surface area contributed by atoms with Gasteiger partial charge in [0.15, 0.2) is 0 Å². The average molecular weight is 277 g/mol. The molecule has 0 bridgehead atoms. The van der Waals surface area contributed by atoms with Crippen LogP contribution in [-0.2, 0) is 9.59 Å². The van der Waals surface area contributed by atoms with E-state index in [1.165, 1.54) is 12.2 Å². The Morgan fingerprint density at radius 2 is 1.62 bits per heavy atom. The standard InChI is InChI=1S/C13H10O2Se/c1-9-7-12(15)13(8-11(9)14)16-10-5-3-2-4-6-10/h2-8H,1H3. The third-order valence-electron chi connectivity index (χ3n) is 2.21. The zero-order valence-corrected chi connectivity index (χ0v) is 10.5. The normalized spacial score (nSPS) is 15.8. The maximum atomic E-state index is 11.7. The summed E-state index contributed by atoms with van der Waals surface area (Å²) >= 11 is -0.0782. The van der Waals surface area contributed by atoms with E-state index in [0.717, 1.165) is 4.46 Å². The Balaban J connectivity index is 2.21. The molecule has 1 aromatic carbocycles. The van der Waals surface area contributed by atoms with Gasteiger partial charge in [-0.3, -0.25) is 0 Å². The summed E-state index contributed by atoms with van der Waals surface area (Å²) in [5.74, 6) is -0.0756. The fraction of sp³-hybridized carbons (Fsp3) is 0.0769. The van der Waals surface area contributed by atoms with Crippen LogP contribution in [0.1, 0.15) is 6.92 Å². The van der Waals surface area contributed by atoms with Crippen molar-refractivity contribution >= 4 is 31.0 Å². The van der Waals surface area contributed by atoms with Gasteiger partial charge in [0.2, 0.25) is 0 Å². The molecule has 0 unspecified atom stereocenters. The van der Waals surface area contributed by atoms with E-state index in [-0.39, 0.29) is 26.5 Å². The van der Waals surface area contributed by atoms with Crippen LogP contribution < -0.4 is 4.46 Å². The molecule has 2 nitrogen and oxygen atoms in total. The molecule has 2 rings (SSSR count). The SMILES string of the molecule is CC1=CC(=O)C([Se]c2ccccc2)=CC1=O. The molecule has 0 N–H and O–H groups in total. The second kappa shape index (κ2) is 4.60. The molecule has 0 aliphatic heterocycles. The molecule has 0 heterocycles. The number of benzene rings is 1. The minimum absolute atomic E-state index is 0.0269. The summed E-state index contributed by atoms with van der Waals surface area (Å²) in [6, 6.07) is 9.76. The summed E-state index contributed by atoms with van der Waals surface area (Å²) < 4.78 is 1.74. The number of carbonyl (C=O) groups is 2. The molecule has 1 aromatic rings. The van der Waals surface area contributed by atoms with Crippen molar-refractivity contribution in [3.8, 4) is 0 Å². The first-order chi connectivity index (χ1) is 7.66. The Bertz CT molecular complexity index is 498. The second-order valence-corrected chi connectivity index (χ2v) is 5.82. The molecule has 1 aliphatic carbocycles. The van der Waals surface area contributed by atoms with Gasteiger partial charge in [-0.25, -0.2) is 0 Å². The van der Waals surface area contributed by atoms with Gasteiger partial charge in [-0.15, -0.1) is 0 Å². The molecule has 3 heteroatoms. The van der Waals surface area contributed by atoms with E-state index in [1.807, 2.05) is 30.3 Å². The van der Waals surface area contributed by atoms with Gasteiger partial charge in [-0.1, -0.05) is 0 Å². The number of ketones is 2. The van der Waals surface area contributed by atoms with Crippen molar-refractivity contribution < 1.29 is 9.59 Å². The Hall–Kier alpha value is -1.44. The van der Waals surface area contributed by atoms with E-state index < -0.39 is 0 Å². The van der Waals surface area contributed by atoms with E-state index in [9.17, 15) is 9.59 Å². The van der Waals surface area contributed by atoms with Crippen molar-refractivity contribution in [3.63, 3.8) is 0 Å². The van der Waals surface area contributed by atoms with Gasteiger partial charge in [0, 0.05) is 0 Å². The second-order valence-electron chi connectivity index (χ2n) is 3.48. The van der Waals surface area contributed by atoms with Crippen LogP contribution in [0.2, 0.25) is 0 Å². The molecule has 0 spiro atoms. The first kappa shape index (κ1) is 11.1. The quantitative estimate of drug-likeness (QED) is 0.597. The summed E-state index contributed by atoms with van der Waals surface area (Å²) in [6.45, 7) is 1.67. The molecule has 0 aromatic heterocycles. The van der Waals surface area contributed by atoms with Gasteiger partial charge in [-0.2, -0.15) is 0 Å². The molecule has 80 valence electrons. The van der Waals surface area contributed by atoms with Crippen LogP contribution in [0, 0.1) is 0 Å². The molecular weight excluding hydrogens is 267 g/mol. The molecule has 0 saturated carbocycles. The van der Waals surface area contributed by atoms with Gasteiger partial charge in [0.1, 0.15) is 0 Å². The number of allylic oxidation sites excluding steroid dienone is 4. The van der Waals surface area contributed by atoms with Crippen LogP contribution in [0.3, 0.4) is 0 Å². The van der Waals surface area contributed by atoms with Crippen LogP contribution in [0.25, 0.3) is 0 Å². The molecule has 0 radical (unpaired) electrons. The predicted molar refractivity (Wildman–Crippen MR) is 63.7 cm³/mol. The van der Waals surface area contributed by atoms with E-state index >= 15 is 0 Å². The van der Waals surface area contributed by atoms with Crippen molar-refractivity contribution in [2.24, 2.45) is 0 Å². The number of carbonyl (C=O) groups excluding carboxylic acids is 2. The van der Waals surface area contributed by atoms with E-state index in [2.05, 4.69) is 0 Å². The van der Waals surface area contributed by atoms with Crippen LogP contribution >= 0.6 is 0 Å². The van der Waals surface area contributed by atoms with E-state index in [4.69, 9.17) is 0 Å². The Labute approximate surface area is 100 Å². The fourth-order valence-corrected chi connectivity index (χ4v) is 3.17. The van der Waals surface area contributed by atoms with Crippen molar-refractivity contribution in [1.29, 1.82) is 0 Å². The first-order valence-corrected chi connectivity index (χ1v) is 6.59. The molecule has 1 aliphatic rings. The Morgan fingerprint density at radius 3 is 2.31 bits per heavy atom. The van der Waals surface area contributed by atoms with Crippen LogP contribution in [-0.4, -0.2) is 26.5 Å². The zero-order chi connectivity index (χ0) is 11.5. The van der Waals surface area contributed by atoms with Crippen LogP contribution in [0.5, 0.6) is 0 Å². The molecule has 0 saturated heterocycles. The number of hydrogen-bond acceptors (Lipinski definition) is 2. The third kappa shape index (κ3) is 2.38. The summed E-state index contributed by atoms with van der Waals surface area (Å²) in [7, 11) is 0. The number of rotatable bonds is 2. The van der Waals surface area contributed by atoms with Gasteiger partial charge in [0.05, 0.1) is 0 Å². The molecule has 0 amide bonds. The van der Waals surface area contributed by atoms with Crippen LogP contribution in [0.15, 0.2) is 52.5 Å². The fourth-order valence-electron chi connectivity index (χ4n) is 1.34. The summed E-state index contributed by atoms with van der Waals surface area (Å²) in [5.41, 5.74) is 0.526. The maximum absolute atomic E-state index is 11.7. The van der Waals surface area contributed by atoms with Crippen LogP contribution in [0.4, 0.5) is 0 Å². The van der Waals surface area contributed by atoms with Gasteiger partial charge >= 0.3 is 100 Å². The third-order valence-corrected chi connectivity index (χ3v) is 4.41. The van der Waals surface area contributed by atoms with Crippen molar-refractivity contribution in [2.45, 2.75) is 6.92 Å². The Morgan fingerprint density at radius 1 is 0.938 bits per heavy atom. The molecule has 16 heavy (non-hydrogen) atoms. The molecule has 0 fully saturated rings. The minimum atomic E-state index is -0.0782. The molecular formula is C13H10O2Se.